The summed E-state index contributed by atoms with van der Waals surface area (Å²) in [5.41, 5.74) is 0. The van der Waals surface area contributed by atoms with Gasteiger partial charge in [-0.25, -0.2) is 0 Å². The van der Waals surface area contributed by atoms with Gasteiger partial charge in [0.05, 0.1) is 19.0 Å². The fourth-order valence-corrected chi connectivity index (χ4v) is 2.78. The molecule has 13 heavy (non-hydrogen) atoms. The van der Waals surface area contributed by atoms with Gasteiger partial charge < -0.3 is 0 Å². The SMILES string of the molecule is CC/C=C/CS(C)(OCC)OCC. The van der Waals surface area contributed by atoms with Gasteiger partial charge in [0.2, 0.25) is 0 Å². The Morgan fingerprint density at radius 2 is 1.54 bits per heavy atom. The maximum absolute atomic E-state index is 5.63. The minimum Gasteiger partial charge on any atom is -0.285 e. The van der Waals surface area contributed by atoms with E-state index >= 15 is 0 Å². The zero-order valence-corrected chi connectivity index (χ0v) is 10.0. The first-order valence-electron chi connectivity index (χ1n) is 4.88. The summed E-state index contributed by atoms with van der Waals surface area (Å²) in [6.07, 6.45) is 7.46. The molecule has 0 fully saturated rings. The molecule has 0 bridgehead atoms. The Balaban J connectivity index is 3.98. The van der Waals surface area contributed by atoms with Crippen LogP contribution >= 0.6 is 10.6 Å². The van der Waals surface area contributed by atoms with E-state index in [1.807, 2.05) is 13.8 Å². The second kappa shape index (κ2) is 7.42. The summed E-state index contributed by atoms with van der Waals surface area (Å²) in [5, 5.41) is 0. The number of hydrogen-bond acceptors (Lipinski definition) is 2. The Bertz CT molecular complexity index is 140. The zero-order valence-electron chi connectivity index (χ0n) is 9.21. The number of rotatable bonds is 7. The molecular formula is C10H22O2S. The van der Waals surface area contributed by atoms with Gasteiger partial charge in [-0.3, -0.25) is 8.37 Å². The third-order valence-electron chi connectivity index (χ3n) is 1.54. The van der Waals surface area contributed by atoms with Crippen LogP contribution in [0.15, 0.2) is 12.2 Å². The van der Waals surface area contributed by atoms with Crippen LogP contribution in [-0.4, -0.2) is 25.2 Å². The Kier molecular flexibility index (Phi) is 7.42. The molecule has 0 saturated carbocycles. The van der Waals surface area contributed by atoms with Gasteiger partial charge in [0.25, 0.3) is 0 Å². The number of allylic oxidation sites excluding steroid dienone is 1. The van der Waals surface area contributed by atoms with E-state index in [1.54, 1.807) is 0 Å². The average Bonchev–Trinajstić information content (AvgIpc) is 2.05. The average molecular weight is 206 g/mol. The molecule has 2 nitrogen and oxygen atoms in total. The van der Waals surface area contributed by atoms with Crippen molar-refractivity contribution in [3.8, 4) is 0 Å². The molecule has 0 aliphatic heterocycles. The summed E-state index contributed by atoms with van der Waals surface area (Å²) in [6, 6.07) is 0. The number of hydrogen-bond donors (Lipinski definition) is 0. The lowest BCUT2D eigenvalue weighted by atomic mass is 10.4. The van der Waals surface area contributed by atoms with Crippen LogP contribution in [0, 0.1) is 0 Å². The van der Waals surface area contributed by atoms with Crippen molar-refractivity contribution in [1.82, 2.24) is 0 Å². The molecule has 0 aliphatic rings. The van der Waals surface area contributed by atoms with Gasteiger partial charge in [-0.05, 0) is 20.3 Å². The maximum Gasteiger partial charge on any atom is 0.0685 e. The third kappa shape index (κ3) is 6.13. The van der Waals surface area contributed by atoms with Crippen LogP contribution in [0.4, 0.5) is 0 Å². The molecule has 0 radical (unpaired) electrons. The first kappa shape index (κ1) is 13.0. The molecule has 0 spiro atoms. The van der Waals surface area contributed by atoms with Gasteiger partial charge >= 0.3 is 0 Å². The molecule has 3 heteroatoms. The Morgan fingerprint density at radius 3 is 1.92 bits per heavy atom. The second-order valence-electron chi connectivity index (χ2n) is 2.79. The van der Waals surface area contributed by atoms with Crippen molar-refractivity contribution in [2.45, 2.75) is 27.2 Å². The summed E-state index contributed by atoms with van der Waals surface area (Å²) in [7, 11) is -1.30. The van der Waals surface area contributed by atoms with Gasteiger partial charge in [0.15, 0.2) is 0 Å². The van der Waals surface area contributed by atoms with Crippen molar-refractivity contribution in [3.05, 3.63) is 12.2 Å². The van der Waals surface area contributed by atoms with Crippen molar-refractivity contribution in [2.24, 2.45) is 0 Å². The highest BCUT2D eigenvalue weighted by Gasteiger charge is 2.11. The van der Waals surface area contributed by atoms with Crippen LogP contribution in [-0.2, 0) is 8.37 Å². The van der Waals surface area contributed by atoms with Crippen LogP contribution in [0.2, 0.25) is 0 Å². The topological polar surface area (TPSA) is 18.5 Å². The quantitative estimate of drug-likeness (QED) is 0.595. The molecule has 0 atom stereocenters. The van der Waals surface area contributed by atoms with Gasteiger partial charge in [-0.1, -0.05) is 19.1 Å². The van der Waals surface area contributed by atoms with Crippen LogP contribution in [0.25, 0.3) is 0 Å². The molecule has 0 rings (SSSR count). The van der Waals surface area contributed by atoms with Crippen molar-refractivity contribution >= 4 is 10.6 Å². The summed E-state index contributed by atoms with van der Waals surface area (Å²) >= 11 is 0. The van der Waals surface area contributed by atoms with E-state index in [-0.39, 0.29) is 0 Å². The fourth-order valence-electron chi connectivity index (χ4n) is 1.04. The van der Waals surface area contributed by atoms with Crippen LogP contribution in [0.5, 0.6) is 0 Å². The molecule has 0 aromatic carbocycles. The zero-order chi connectivity index (χ0) is 10.2. The normalized spacial score (nSPS) is 13.8. The molecule has 0 saturated heterocycles. The predicted molar refractivity (Wildman–Crippen MR) is 61.1 cm³/mol. The molecule has 80 valence electrons. The molecular weight excluding hydrogens is 184 g/mol. The summed E-state index contributed by atoms with van der Waals surface area (Å²) in [6.45, 7) is 7.60. The Labute approximate surface area is 84.0 Å². The van der Waals surface area contributed by atoms with Gasteiger partial charge in [-0.2, -0.15) is 10.6 Å². The third-order valence-corrected chi connectivity index (χ3v) is 3.80. The van der Waals surface area contributed by atoms with E-state index in [0.717, 1.165) is 25.4 Å². The van der Waals surface area contributed by atoms with E-state index in [0.29, 0.717) is 0 Å². The lowest BCUT2D eigenvalue weighted by Gasteiger charge is -2.37. The Morgan fingerprint density at radius 1 is 1.00 bits per heavy atom. The largest absolute Gasteiger partial charge is 0.285 e. The smallest absolute Gasteiger partial charge is 0.0685 e. The highest BCUT2D eigenvalue weighted by atomic mass is 32.3. The van der Waals surface area contributed by atoms with Crippen molar-refractivity contribution in [2.75, 3.05) is 25.2 Å². The van der Waals surface area contributed by atoms with E-state index in [9.17, 15) is 0 Å². The minimum atomic E-state index is -1.30. The summed E-state index contributed by atoms with van der Waals surface area (Å²) in [5.74, 6) is 0.905. The van der Waals surface area contributed by atoms with Crippen molar-refractivity contribution in [3.63, 3.8) is 0 Å². The van der Waals surface area contributed by atoms with Gasteiger partial charge in [0.1, 0.15) is 0 Å². The monoisotopic (exact) mass is 206 g/mol. The van der Waals surface area contributed by atoms with Gasteiger partial charge in [-0.15, -0.1) is 0 Å². The minimum absolute atomic E-state index is 0.728. The van der Waals surface area contributed by atoms with E-state index in [2.05, 4.69) is 25.3 Å². The summed E-state index contributed by atoms with van der Waals surface area (Å²) in [4.78, 5) is 0. The van der Waals surface area contributed by atoms with E-state index < -0.39 is 10.6 Å². The first-order valence-corrected chi connectivity index (χ1v) is 6.94. The van der Waals surface area contributed by atoms with Crippen molar-refractivity contribution in [1.29, 1.82) is 0 Å². The first-order chi connectivity index (χ1) is 6.18. The van der Waals surface area contributed by atoms with Crippen LogP contribution < -0.4 is 0 Å². The lowest BCUT2D eigenvalue weighted by Crippen LogP contribution is -2.10. The molecule has 0 unspecified atom stereocenters. The highest BCUT2D eigenvalue weighted by Crippen LogP contribution is 2.46. The van der Waals surface area contributed by atoms with Crippen LogP contribution in [0.3, 0.4) is 0 Å². The maximum atomic E-state index is 5.63. The van der Waals surface area contributed by atoms with E-state index in [4.69, 9.17) is 8.37 Å². The van der Waals surface area contributed by atoms with E-state index in [1.165, 1.54) is 0 Å². The molecule has 0 amide bonds. The fraction of sp³-hybridized carbons (Fsp3) is 0.800. The standard InChI is InChI=1S/C10H22O2S/c1-5-8-9-10-13(4,11-6-2)12-7-3/h8-9H,5-7,10H2,1-4H3/b9-8+. The van der Waals surface area contributed by atoms with Crippen molar-refractivity contribution < 1.29 is 8.37 Å². The van der Waals surface area contributed by atoms with Crippen LogP contribution in [0.1, 0.15) is 27.2 Å². The highest BCUT2D eigenvalue weighted by molar-refractivity contribution is 8.25. The molecule has 0 heterocycles. The molecule has 0 aromatic heterocycles. The predicted octanol–water partition coefficient (Wildman–Crippen LogP) is 3.29. The molecule has 0 aromatic rings. The Hall–Kier alpha value is 0.01000. The molecule has 0 aliphatic carbocycles. The van der Waals surface area contributed by atoms with Gasteiger partial charge in [0, 0.05) is 6.26 Å². The summed E-state index contributed by atoms with van der Waals surface area (Å²) < 4.78 is 11.3. The molecule has 0 N–H and O–H groups in total. The second-order valence-corrected chi connectivity index (χ2v) is 5.44. The lowest BCUT2D eigenvalue weighted by molar-refractivity contribution is 0.281.